The first kappa shape index (κ1) is 17.4. The van der Waals surface area contributed by atoms with Crippen LogP contribution in [-0.4, -0.2) is 63.1 Å². The molecular weight excluding hydrogens is 260 g/mol. The molecule has 0 aromatic carbocycles. The number of rotatable bonds is 7. The fraction of sp³-hybridized carbons (Fsp3) is 0.636. The molecule has 0 saturated carbocycles. The van der Waals surface area contributed by atoms with E-state index in [1.165, 1.54) is 0 Å². The topological polar surface area (TPSA) is 138 Å². The van der Waals surface area contributed by atoms with Gasteiger partial charge in [-0.3, -0.25) is 19.2 Å². The van der Waals surface area contributed by atoms with E-state index in [4.69, 9.17) is 5.11 Å². The van der Waals surface area contributed by atoms with Gasteiger partial charge in [0.05, 0.1) is 6.61 Å². The molecule has 0 rings (SSSR count). The largest absolute Gasteiger partial charge is 0.440 e. The Kier molecular flexibility index (Phi) is 5.94. The van der Waals surface area contributed by atoms with E-state index in [1.807, 2.05) is 0 Å². The van der Waals surface area contributed by atoms with E-state index in [1.54, 1.807) is 0 Å². The number of ketones is 3. The van der Waals surface area contributed by atoms with E-state index in [-0.39, 0.29) is 0 Å². The molecule has 8 nitrogen and oxygen atoms in total. The van der Waals surface area contributed by atoms with Crippen LogP contribution in [0.2, 0.25) is 0 Å². The lowest BCUT2D eigenvalue weighted by atomic mass is 9.83. The van der Waals surface area contributed by atoms with Crippen LogP contribution in [0.15, 0.2) is 0 Å². The van der Waals surface area contributed by atoms with Crippen LogP contribution in [0.1, 0.15) is 20.8 Å². The Labute approximate surface area is 109 Å². The quantitative estimate of drug-likeness (QED) is 0.269. The molecule has 0 amide bonds. The number of carbonyl (C=O) groups is 4. The maximum Gasteiger partial charge on any atom is 0.304 e. The molecule has 0 fully saturated rings. The minimum atomic E-state index is -2.85. The Hall–Kier alpha value is -1.64. The van der Waals surface area contributed by atoms with Crippen molar-refractivity contribution >= 4 is 23.3 Å². The number of carbonyl (C=O) groups excluding carboxylic acids is 4. The fourth-order valence-electron chi connectivity index (χ4n) is 1.54. The minimum Gasteiger partial charge on any atom is -0.440 e. The predicted octanol–water partition coefficient (Wildman–Crippen LogP) is -2.25. The first-order chi connectivity index (χ1) is 8.61. The summed E-state index contributed by atoms with van der Waals surface area (Å²) >= 11 is 0. The number of esters is 1. The van der Waals surface area contributed by atoms with Crippen LogP contribution in [-0.2, 0) is 23.9 Å². The zero-order valence-corrected chi connectivity index (χ0v) is 10.7. The highest BCUT2D eigenvalue weighted by Crippen LogP contribution is 2.23. The third kappa shape index (κ3) is 3.43. The van der Waals surface area contributed by atoms with E-state index in [9.17, 15) is 29.4 Å². The summed E-state index contributed by atoms with van der Waals surface area (Å²) < 4.78 is 4.53. The lowest BCUT2D eigenvalue weighted by molar-refractivity contribution is -0.193. The SMILES string of the molecule is CC(=O)O[C@](C(C)=O)(C(=O)C(C)=O)[C@H](O)[C@H](O)CO. The number of hydrogen-bond acceptors (Lipinski definition) is 8. The standard InChI is InChI=1S/C11H16O8/c1-5(13)9(17)11(6(2)14,19-7(3)15)10(18)8(16)4-12/h8,10,12,16,18H,4H2,1-3H3/t8-,10-,11-/m1/s1. The van der Waals surface area contributed by atoms with Crippen molar-refractivity contribution in [1.82, 2.24) is 0 Å². The second kappa shape index (κ2) is 6.50. The summed E-state index contributed by atoms with van der Waals surface area (Å²) in [6.45, 7) is 1.50. The summed E-state index contributed by atoms with van der Waals surface area (Å²) in [4.78, 5) is 45.6. The molecule has 0 aliphatic carbocycles. The lowest BCUT2D eigenvalue weighted by Crippen LogP contribution is -2.63. The van der Waals surface area contributed by atoms with E-state index >= 15 is 0 Å². The Bertz CT molecular complexity index is 401. The number of ether oxygens (including phenoxy) is 1. The Balaban J connectivity index is 5.91. The van der Waals surface area contributed by atoms with Crippen LogP contribution in [0.4, 0.5) is 0 Å². The van der Waals surface area contributed by atoms with Gasteiger partial charge in [-0.05, 0) is 6.92 Å². The van der Waals surface area contributed by atoms with Gasteiger partial charge in [0.15, 0.2) is 11.6 Å². The van der Waals surface area contributed by atoms with Crippen LogP contribution >= 0.6 is 0 Å². The van der Waals surface area contributed by atoms with Crippen molar-refractivity contribution in [2.45, 2.75) is 38.6 Å². The Morgan fingerprint density at radius 3 is 1.84 bits per heavy atom. The van der Waals surface area contributed by atoms with Gasteiger partial charge >= 0.3 is 5.97 Å². The molecule has 3 N–H and O–H groups in total. The molecule has 108 valence electrons. The number of Topliss-reactive ketones (excluding diaryl/α,β-unsaturated/α-hetero) is 3. The molecule has 0 aromatic heterocycles. The van der Waals surface area contributed by atoms with E-state index < -0.39 is 47.7 Å². The predicted molar refractivity (Wildman–Crippen MR) is 60.0 cm³/mol. The second-order valence-electron chi connectivity index (χ2n) is 3.97. The van der Waals surface area contributed by atoms with Crippen LogP contribution in [0.25, 0.3) is 0 Å². The van der Waals surface area contributed by atoms with Gasteiger partial charge in [0.2, 0.25) is 0 Å². The van der Waals surface area contributed by atoms with Crippen molar-refractivity contribution < 1.29 is 39.2 Å². The van der Waals surface area contributed by atoms with Crippen molar-refractivity contribution in [3.63, 3.8) is 0 Å². The van der Waals surface area contributed by atoms with Crippen LogP contribution in [0, 0.1) is 0 Å². The molecule has 0 heterocycles. The average molecular weight is 276 g/mol. The molecule has 0 aliphatic heterocycles. The molecule has 0 spiro atoms. The normalized spacial score (nSPS) is 16.9. The maximum absolute atomic E-state index is 11.8. The monoisotopic (exact) mass is 276 g/mol. The third-order valence-corrected chi connectivity index (χ3v) is 2.45. The van der Waals surface area contributed by atoms with Crippen molar-refractivity contribution in [1.29, 1.82) is 0 Å². The molecule has 0 radical (unpaired) electrons. The number of aliphatic hydroxyl groups is 3. The summed E-state index contributed by atoms with van der Waals surface area (Å²) in [6, 6.07) is 0. The van der Waals surface area contributed by atoms with E-state index in [0.717, 1.165) is 20.8 Å². The van der Waals surface area contributed by atoms with Crippen LogP contribution in [0.5, 0.6) is 0 Å². The molecule has 0 unspecified atom stereocenters. The molecule has 0 aromatic rings. The molecule has 8 heteroatoms. The molecule has 0 saturated heterocycles. The van der Waals surface area contributed by atoms with Crippen LogP contribution in [0.3, 0.4) is 0 Å². The smallest absolute Gasteiger partial charge is 0.304 e. The second-order valence-corrected chi connectivity index (χ2v) is 3.97. The van der Waals surface area contributed by atoms with Gasteiger partial charge in [0.25, 0.3) is 11.4 Å². The summed E-state index contributed by atoms with van der Waals surface area (Å²) in [5.41, 5.74) is -2.85. The van der Waals surface area contributed by atoms with Gasteiger partial charge in [-0.2, -0.15) is 0 Å². The Morgan fingerprint density at radius 2 is 1.58 bits per heavy atom. The fourth-order valence-corrected chi connectivity index (χ4v) is 1.54. The van der Waals surface area contributed by atoms with Crippen molar-refractivity contribution in [2.75, 3.05) is 6.61 Å². The summed E-state index contributed by atoms with van der Waals surface area (Å²) in [5, 5.41) is 27.9. The first-order valence-electron chi connectivity index (χ1n) is 5.34. The summed E-state index contributed by atoms with van der Waals surface area (Å²) in [7, 11) is 0. The van der Waals surface area contributed by atoms with Crippen molar-refractivity contribution in [3.8, 4) is 0 Å². The molecule has 19 heavy (non-hydrogen) atoms. The Morgan fingerprint density at radius 1 is 1.11 bits per heavy atom. The van der Waals surface area contributed by atoms with Gasteiger partial charge < -0.3 is 20.1 Å². The summed E-state index contributed by atoms with van der Waals surface area (Å²) in [5.74, 6) is -4.85. The molecule has 3 atom stereocenters. The summed E-state index contributed by atoms with van der Waals surface area (Å²) in [6.07, 6.45) is -4.19. The zero-order valence-electron chi connectivity index (χ0n) is 10.7. The van der Waals surface area contributed by atoms with Gasteiger partial charge in [-0.15, -0.1) is 0 Å². The van der Waals surface area contributed by atoms with Gasteiger partial charge in [-0.1, -0.05) is 0 Å². The van der Waals surface area contributed by atoms with Crippen molar-refractivity contribution in [2.24, 2.45) is 0 Å². The van der Waals surface area contributed by atoms with Gasteiger partial charge in [-0.25, -0.2) is 0 Å². The third-order valence-electron chi connectivity index (χ3n) is 2.45. The molecule has 0 bridgehead atoms. The highest BCUT2D eigenvalue weighted by atomic mass is 16.6. The molecular formula is C11H16O8. The highest BCUT2D eigenvalue weighted by Gasteiger charge is 2.56. The van der Waals surface area contributed by atoms with Crippen LogP contribution < -0.4 is 0 Å². The zero-order chi connectivity index (χ0) is 15.4. The lowest BCUT2D eigenvalue weighted by Gasteiger charge is -2.34. The number of hydrogen-bond donors (Lipinski definition) is 3. The number of aliphatic hydroxyl groups excluding tert-OH is 3. The highest BCUT2D eigenvalue weighted by molar-refractivity contribution is 6.44. The molecule has 0 aliphatic rings. The maximum atomic E-state index is 11.8. The minimum absolute atomic E-state index is 0.817. The van der Waals surface area contributed by atoms with E-state index in [2.05, 4.69) is 4.74 Å². The van der Waals surface area contributed by atoms with Gasteiger partial charge in [0.1, 0.15) is 12.2 Å². The average Bonchev–Trinajstić information content (AvgIpc) is 2.32. The van der Waals surface area contributed by atoms with Crippen molar-refractivity contribution in [3.05, 3.63) is 0 Å². The first-order valence-corrected chi connectivity index (χ1v) is 5.34. The van der Waals surface area contributed by atoms with Gasteiger partial charge in [0, 0.05) is 13.8 Å². The van der Waals surface area contributed by atoms with E-state index in [0.29, 0.717) is 0 Å².